The average Bonchev–Trinajstić information content (AvgIpc) is 4.00. The molecule has 3 heterocycles. The van der Waals surface area contributed by atoms with E-state index in [1.165, 1.54) is 55.6 Å². The first-order valence-electron chi connectivity index (χ1n) is 20.9. The molecule has 284 valence electrons. The van der Waals surface area contributed by atoms with Crippen molar-refractivity contribution >= 4 is 43.6 Å². The molecule has 2 aliphatic rings. The van der Waals surface area contributed by atoms with Gasteiger partial charge in [-0.25, -0.2) is 0 Å². The van der Waals surface area contributed by atoms with Crippen molar-refractivity contribution in [2.75, 3.05) is 0 Å². The highest BCUT2D eigenvalue weighted by Crippen LogP contribution is 2.64. The van der Waals surface area contributed by atoms with Gasteiger partial charge in [-0.05, 0) is 107 Å². The van der Waals surface area contributed by atoms with Gasteiger partial charge in [-0.2, -0.15) is 5.26 Å². The maximum atomic E-state index is 11.6. The lowest BCUT2D eigenvalue weighted by Crippen LogP contribution is -2.27. The molecule has 0 saturated heterocycles. The van der Waals surface area contributed by atoms with E-state index >= 15 is 0 Å². The lowest BCUT2D eigenvalue weighted by molar-refractivity contribution is 0.791. The third-order valence-corrected chi connectivity index (χ3v) is 13.5. The van der Waals surface area contributed by atoms with Crippen LogP contribution in [0.1, 0.15) is 38.9 Å². The third kappa shape index (κ3) is 4.34. The van der Waals surface area contributed by atoms with Crippen LogP contribution >= 0.6 is 0 Å². The summed E-state index contributed by atoms with van der Waals surface area (Å²) >= 11 is 0. The first-order valence-corrected chi connectivity index (χ1v) is 20.9. The first-order chi connectivity index (χ1) is 30.1. The van der Waals surface area contributed by atoms with E-state index in [2.05, 4.69) is 205 Å². The molecule has 4 nitrogen and oxygen atoms in total. The minimum absolute atomic E-state index is 0.595. The Bertz CT molecular complexity index is 3550. The molecule has 0 N–H and O–H groups in total. The highest BCUT2D eigenvalue weighted by molar-refractivity contribution is 6.12. The van der Waals surface area contributed by atoms with Gasteiger partial charge in [0.25, 0.3) is 0 Å². The van der Waals surface area contributed by atoms with Crippen LogP contribution in [0.15, 0.2) is 182 Å². The largest absolute Gasteiger partial charge is 0.308 e. The number of aryl methyl sites for hydroxylation is 2. The fourth-order valence-corrected chi connectivity index (χ4v) is 11.2. The second-order valence-electron chi connectivity index (χ2n) is 16.7. The van der Waals surface area contributed by atoms with Gasteiger partial charge in [0.1, 0.15) is 11.6 Å². The van der Waals surface area contributed by atoms with E-state index in [9.17, 15) is 5.26 Å². The summed E-state index contributed by atoms with van der Waals surface area (Å²) in [4.78, 5) is 5.44. The van der Waals surface area contributed by atoms with Gasteiger partial charge >= 0.3 is 0 Å². The molecule has 2 aliphatic carbocycles. The maximum Gasteiger partial charge on any atom is 0.104 e. The Morgan fingerprint density at radius 2 is 0.902 bits per heavy atom. The molecule has 4 heteroatoms. The summed E-state index contributed by atoms with van der Waals surface area (Å²) in [5.41, 5.74) is 19.9. The Labute approximate surface area is 352 Å². The summed E-state index contributed by atoms with van der Waals surface area (Å²) in [6.07, 6.45) is 1.97. The summed E-state index contributed by atoms with van der Waals surface area (Å²) in [6.45, 7) is 4.29. The molecule has 1 spiro atoms. The third-order valence-electron chi connectivity index (χ3n) is 13.5. The fraction of sp³-hybridized carbons (Fsp3) is 0.0526. The van der Waals surface area contributed by atoms with E-state index in [0.717, 1.165) is 66.2 Å². The zero-order valence-electron chi connectivity index (χ0n) is 33.6. The molecule has 11 aromatic rings. The quantitative estimate of drug-likeness (QED) is 0.179. The molecule has 0 saturated carbocycles. The Morgan fingerprint density at radius 3 is 1.41 bits per heavy atom. The minimum Gasteiger partial charge on any atom is -0.308 e. The van der Waals surface area contributed by atoms with Crippen molar-refractivity contribution in [1.29, 1.82) is 5.26 Å². The van der Waals surface area contributed by atoms with Crippen LogP contribution in [-0.2, 0) is 5.41 Å². The van der Waals surface area contributed by atoms with Gasteiger partial charge in [0.2, 0.25) is 0 Å². The molecule has 0 atom stereocenters. The van der Waals surface area contributed by atoms with Crippen LogP contribution in [0.3, 0.4) is 0 Å². The van der Waals surface area contributed by atoms with E-state index < -0.39 is 5.41 Å². The number of rotatable bonds is 3. The van der Waals surface area contributed by atoms with E-state index in [1.807, 2.05) is 6.20 Å². The molecule has 0 aliphatic heterocycles. The van der Waals surface area contributed by atoms with Crippen LogP contribution in [0.2, 0.25) is 0 Å². The number of fused-ring (bicyclic) bond motifs is 16. The van der Waals surface area contributed by atoms with Crippen LogP contribution in [0.25, 0.3) is 88.5 Å². The Morgan fingerprint density at radius 1 is 0.459 bits per heavy atom. The van der Waals surface area contributed by atoms with Crippen molar-refractivity contribution < 1.29 is 0 Å². The molecular weight excluding hydrogens is 741 g/mol. The standard InChI is InChI=1S/C57H36N4/c1-34-23-25-51-43(29-34)40-16-6-11-21-49(40)60(51)53-31-36(32-54(45(53)33-58)61-50-22-12-7-17-41(50)44-30-35(2)24-26-52(44)61)56-55-42(27-28-59-56)39-15-5-10-20-48(39)57(55)46-18-8-3-13-37(46)38-14-4-9-19-47(38)57/h3-32H,1-2H3. The highest BCUT2D eigenvalue weighted by Gasteiger charge is 2.53. The molecule has 61 heavy (non-hydrogen) atoms. The number of aromatic nitrogens is 3. The van der Waals surface area contributed by atoms with Gasteiger partial charge in [0, 0.05) is 38.9 Å². The summed E-state index contributed by atoms with van der Waals surface area (Å²) in [6, 6.07) is 66.6. The summed E-state index contributed by atoms with van der Waals surface area (Å²) < 4.78 is 4.61. The number of pyridine rings is 1. The molecule has 13 rings (SSSR count). The monoisotopic (exact) mass is 776 g/mol. The van der Waals surface area contributed by atoms with Crippen molar-refractivity contribution in [2.45, 2.75) is 19.3 Å². The topological polar surface area (TPSA) is 46.5 Å². The molecule has 3 aromatic heterocycles. The van der Waals surface area contributed by atoms with Crippen LogP contribution in [-0.4, -0.2) is 14.1 Å². The molecule has 0 amide bonds. The van der Waals surface area contributed by atoms with Crippen LogP contribution < -0.4 is 0 Å². The highest BCUT2D eigenvalue weighted by atomic mass is 15.0. The SMILES string of the molecule is Cc1ccc2c(c1)c1ccccc1n2-c1cc(-c2nccc3c2C2(c4ccccc4-c4ccccc42)c2ccccc2-3)cc(-n2c3ccccc3c3cc(C)ccc32)c1C#N. The van der Waals surface area contributed by atoms with Crippen LogP contribution in [0, 0.1) is 25.2 Å². The number of hydrogen-bond donors (Lipinski definition) is 0. The number of benzene rings is 8. The van der Waals surface area contributed by atoms with Gasteiger partial charge in [-0.3, -0.25) is 4.98 Å². The lowest BCUT2D eigenvalue weighted by Gasteiger charge is -2.32. The van der Waals surface area contributed by atoms with Gasteiger partial charge < -0.3 is 9.13 Å². The second kappa shape index (κ2) is 12.3. The summed E-state index contributed by atoms with van der Waals surface area (Å²) in [5, 5.41) is 16.2. The summed E-state index contributed by atoms with van der Waals surface area (Å²) in [5.74, 6) is 0. The van der Waals surface area contributed by atoms with E-state index in [0.29, 0.717) is 5.56 Å². The predicted octanol–water partition coefficient (Wildman–Crippen LogP) is 13.8. The number of nitriles is 1. The second-order valence-corrected chi connectivity index (χ2v) is 16.7. The van der Waals surface area contributed by atoms with Gasteiger partial charge in [0.15, 0.2) is 0 Å². The zero-order valence-corrected chi connectivity index (χ0v) is 33.6. The van der Waals surface area contributed by atoms with Crippen LogP contribution in [0.4, 0.5) is 0 Å². The summed E-state index contributed by atoms with van der Waals surface area (Å²) in [7, 11) is 0. The fourth-order valence-electron chi connectivity index (χ4n) is 11.2. The average molecular weight is 777 g/mol. The van der Waals surface area contributed by atoms with Crippen molar-refractivity contribution in [3.8, 4) is 51.0 Å². The van der Waals surface area contributed by atoms with Crippen molar-refractivity contribution in [3.05, 3.63) is 221 Å². The number of para-hydroxylation sites is 2. The molecule has 8 aromatic carbocycles. The molecule has 0 unspecified atom stereocenters. The van der Waals surface area contributed by atoms with E-state index in [-0.39, 0.29) is 0 Å². The molecule has 0 bridgehead atoms. The Balaban J connectivity index is 1.22. The van der Waals surface area contributed by atoms with E-state index in [4.69, 9.17) is 4.98 Å². The van der Waals surface area contributed by atoms with Crippen molar-refractivity contribution in [1.82, 2.24) is 14.1 Å². The molecule has 0 radical (unpaired) electrons. The minimum atomic E-state index is -0.605. The predicted molar refractivity (Wildman–Crippen MR) is 249 cm³/mol. The van der Waals surface area contributed by atoms with Gasteiger partial charge in [-0.15, -0.1) is 0 Å². The van der Waals surface area contributed by atoms with Gasteiger partial charge in [-0.1, -0.05) is 132 Å². The van der Waals surface area contributed by atoms with Crippen molar-refractivity contribution in [3.63, 3.8) is 0 Å². The first kappa shape index (κ1) is 33.9. The van der Waals surface area contributed by atoms with Crippen LogP contribution in [0.5, 0.6) is 0 Å². The Kier molecular flexibility index (Phi) is 6.82. The lowest BCUT2D eigenvalue weighted by atomic mass is 9.69. The van der Waals surface area contributed by atoms with E-state index in [1.54, 1.807) is 0 Å². The normalized spacial score (nSPS) is 13.2. The molecular formula is C57H36N4. The molecule has 0 fully saturated rings. The number of hydrogen-bond acceptors (Lipinski definition) is 2. The number of nitrogens with zero attached hydrogens (tertiary/aromatic N) is 4. The Hall–Kier alpha value is -8.00. The smallest absolute Gasteiger partial charge is 0.104 e. The maximum absolute atomic E-state index is 11.6. The van der Waals surface area contributed by atoms with Crippen molar-refractivity contribution in [2.24, 2.45) is 0 Å². The zero-order chi connectivity index (χ0) is 40.6. The van der Waals surface area contributed by atoms with Gasteiger partial charge in [0.05, 0.1) is 44.6 Å².